The molecule has 1 heteroatoms. The molecular weight excluding hydrogens is 146 g/mol. The molecule has 58 valence electrons. The van der Waals surface area contributed by atoms with Crippen LogP contribution in [-0.2, 0) is 0 Å². The van der Waals surface area contributed by atoms with Crippen LogP contribution in [0.3, 0.4) is 0 Å². The minimum absolute atomic E-state index is 1.21. The zero-order valence-electron chi connectivity index (χ0n) is 6.64. The van der Waals surface area contributed by atoms with Gasteiger partial charge in [0.25, 0.3) is 0 Å². The second-order valence-corrected chi connectivity index (χ2v) is 2.60. The molecule has 0 amide bonds. The fourth-order valence-electron chi connectivity index (χ4n) is 1.18. The molecule has 1 aromatic carbocycles. The molecule has 0 saturated carbocycles. The Hall–Kier alpha value is -1.63. The number of nitrogens with zero attached hydrogens (tertiary/aromatic N) is 1. The van der Waals surface area contributed by atoms with Gasteiger partial charge in [-0.25, -0.2) is 0 Å². The lowest BCUT2D eigenvalue weighted by Gasteiger charge is -1.99. The SMILES string of the molecule is C1=C/c2ccccc2\C=C/N=C\1. The second-order valence-electron chi connectivity index (χ2n) is 2.60. The summed E-state index contributed by atoms with van der Waals surface area (Å²) in [5.41, 5.74) is 2.45. The third kappa shape index (κ3) is 1.35. The summed E-state index contributed by atoms with van der Waals surface area (Å²) in [6.07, 6.45) is 9.61. The van der Waals surface area contributed by atoms with Gasteiger partial charge in [0.15, 0.2) is 0 Å². The summed E-state index contributed by atoms with van der Waals surface area (Å²) in [5.74, 6) is 0. The molecule has 12 heavy (non-hydrogen) atoms. The molecular formula is C11H9N. The molecule has 0 unspecified atom stereocenters. The monoisotopic (exact) mass is 155 g/mol. The van der Waals surface area contributed by atoms with E-state index in [9.17, 15) is 0 Å². The van der Waals surface area contributed by atoms with Crippen molar-refractivity contribution >= 4 is 18.4 Å². The average Bonchev–Trinajstić information content (AvgIpc) is 2.06. The Bertz CT molecular complexity index is 324. The maximum absolute atomic E-state index is 4.04. The summed E-state index contributed by atoms with van der Waals surface area (Å²) in [6, 6.07) is 8.24. The number of hydrogen-bond acceptors (Lipinski definition) is 1. The third-order valence-electron chi connectivity index (χ3n) is 1.78. The maximum atomic E-state index is 4.04. The third-order valence-corrected chi connectivity index (χ3v) is 1.78. The fraction of sp³-hybridized carbons (Fsp3) is 0. The van der Waals surface area contributed by atoms with Gasteiger partial charge in [-0.3, -0.25) is 4.99 Å². The Morgan fingerprint density at radius 2 is 1.67 bits per heavy atom. The van der Waals surface area contributed by atoms with Crippen molar-refractivity contribution in [2.75, 3.05) is 0 Å². The Labute approximate surface area is 71.8 Å². The first-order valence-corrected chi connectivity index (χ1v) is 3.92. The van der Waals surface area contributed by atoms with Crippen LogP contribution in [0, 0.1) is 0 Å². The quantitative estimate of drug-likeness (QED) is 0.546. The van der Waals surface area contributed by atoms with Gasteiger partial charge in [0, 0.05) is 12.4 Å². The number of benzene rings is 1. The Kier molecular flexibility index (Phi) is 1.87. The fourth-order valence-corrected chi connectivity index (χ4v) is 1.18. The number of hydrogen-bond donors (Lipinski definition) is 0. The summed E-state index contributed by atoms with van der Waals surface area (Å²) < 4.78 is 0. The van der Waals surface area contributed by atoms with Gasteiger partial charge >= 0.3 is 0 Å². The predicted octanol–water partition coefficient (Wildman–Crippen LogP) is 2.75. The smallest absolute Gasteiger partial charge is 0.0273 e. The van der Waals surface area contributed by atoms with Crippen LogP contribution in [-0.4, -0.2) is 6.21 Å². The highest BCUT2D eigenvalue weighted by Crippen LogP contribution is 2.13. The van der Waals surface area contributed by atoms with Crippen molar-refractivity contribution in [3.8, 4) is 0 Å². The molecule has 0 atom stereocenters. The van der Waals surface area contributed by atoms with E-state index in [1.54, 1.807) is 6.21 Å². The number of allylic oxidation sites excluding steroid dienone is 1. The summed E-state index contributed by atoms with van der Waals surface area (Å²) >= 11 is 0. The molecule has 1 aromatic rings. The van der Waals surface area contributed by atoms with E-state index in [2.05, 4.69) is 23.2 Å². The standard InChI is InChI=1S/C11H9N/c1-2-5-11-7-9-12-8-3-6-10(11)4-1/h1-9H/b6-3-,8-3?,9-7-,10-6?,11-7?,12-8-,12-9?. The molecule has 0 radical (unpaired) electrons. The first-order valence-electron chi connectivity index (χ1n) is 3.92. The van der Waals surface area contributed by atoms with Crippen LogP contribution in [0.15, 0.2) is 41.5 Å². The summed E-state index contributed by atoms with van der Waals surface area (Å²) in [4.78, 5) is 4.04. The molecule has 1 aliphatic heterocycles. The number of rotatable bonds is 0. The van der Waals surface area contributed by atoms with Crippen LogP contribution in [0.4, 0.5) is 0 Å². The van der Waals surface area contributed by atoms with Crippen molar-refractivity contribution in [1.29, 1.82) is 0 Å². The molecule has 1 heterocycles. The normalized spacial score (nSPS) is 21.7. The minimum Gasteiger partial charge on any atom is -0.265 e. The van der Waals surface area contributed by atoms with Crippen molar-refractivity contribution < 1.29 is 0 Å². The molecule has 0 fully saturated rings. The topological polar surface area (TPSA) is 12.4 Å². The van der Waals surface area contributed by atoms with Crippen molar-refractivity contribution in [3.63, 3.8) is 0 Å². The molecule has 2 rings (SSSR count). The molecule has 0 aliphatic carbocycles. The minimum atomic E-state index is 1.21. The van der Waals surface area contributed by atoms with E-state index in [-0.39, 0.29) is 0 Å². The molecule has 0 spiro atoms. The zero-order chi connectivity index (χ0) is 8.23. The van der Waals surface area contributed by atoms with E-state index in [0.29, 0.717) is 0 Å². The van der Waals surface area contributed by atoms with Gasteiger partial charge in [-0.1, -0.05) is 30.3 Å². The summed E-state index contributed by atoms with van der Waals surface area (Å²) in [7, 11) is 0. The van der Waals surface area contributed by atoms with Crippen LogP contribution < -0.4 is 0 Å². The molecule has 0 bridgehead atoms. The van der Waals surface area contributed by atoms with E-state index in [1.807, 2.05) is 30.5 Å². The molecule has 1 aliphatic rings. The molecule has 0 saturated heterocycles. The van der Waals surface area contributed by atoms with Crippen molar-refractivity contribution in [2.45, 2.75) is 0 Å². The van der Waals surface area contributed by atoms with Crippen molar-refractivity contribution in [2.24, 2.45) is 4.99 Å². The largest absolute Gasteiger partial charge is 0.265 e. The average molecular weight is 155 g/mol. The van der Waals surface area contributed by atoms with Crippen LogP contribution >= 0.6 is 0 Å². The van der Waals surface area contributed by atoms with E-state index in [4.69, 9.17) is 0 Å². The first kappa shape index (κ1) is 7.04. The Balaban J connectivity index is 2.54. The van der Waals surface area contributed by atoms with Gasteiger partial charge in [0.05, 0.1) is 0 Å². The van der Waals surface area contributed by atoms with Crippen LogP contribution in [0.25, 0.3) is 12.2 Å². The van der Waals surface area contributed by atoms with Gasteiger partial charge < -0.3 is 0 Å². The van der Waals surface area contributed by atoms with Crippen molar-refractivity contribution in [1.82, 2.24) is 0 Å². The molecule has 1 nitrogen and oxygen atoms in total. The highest BCUT2D eigenvalue weighted by molar-refractivity contribution is 5.82. The van der Waals surface area contributed by atoms with Gasteiger partial charge in [-0.05, 0) is 23.3 Å². The van der Waals surface area contributed by atoms with Gasteiger partial charge in [0.1, 0.15) is 0 Å². The van der Waals surface area contributed by atoms with E-state index in [0.717, 1.165) is 0 Å². The molecule has 0 aromatic heterocycles. The lowest BCUT2D eigenvalue weighted by atomic mass is 10.1. The lowest BCUT2D eigenvalue weighted by Crippen LogP contribution is -1.80. The van der Waals surface area contributed by atoms with Gasteiger partial charge in [-0.2, -0.15) is 0 Å². The second kappa shape index (κ2) is 3.18. The van der Waals surface area contributed by atoms with E-state index in [1.165, 1.54) is 11.1 Å². The first-order chi connectivity index (χ1) is 5.97. The van der Waals surface area contributed by atoms with Crippen LogP contribution in [0.5, 0.6) is 0 Å². The lowest BCUT2D eigenvalue weighted by molar-refractivity contribution is 1.56. The Morgan fingerprint density at radius 3 is 2.50 bits per heavy atom. The summed E-state index contributed by atoms with van der Waals surface area (Å²) in [6.45, 7) is 0. The highest BCUT2D eigenvalue weighted by Gasteiger charge is 1.93. The maximum Gasteiger partial charge on any atom is 0.0273 e. The van der Waals surface area contributed by atoms with Crippen molar-refractivity contribution in [3.05, 3.63) is 47.7 Å². The van der Waals surface area contributed by atoms with E-state index < -0.39 is 0 Å². The zero-order valence-corrected chi connectivity index (χ0v) is 6.64. The van der Waals surface area contributed by atoms with Crippen LogP contribution in [0.1, 0.15) is 11.1 Å². The van der Waals surface area contributed by atoms with Crippen LogP contribution in [0.2, 0.25) is 0 Å². The highest BCUT2D eigenvalue weighted by atomic mass is 14.7. The van der Waals surface area contributed by atoms with Gasteiger partial charge in [0.2, 0.25) is 0 Å². The number of aliphatic imine (C=N–C) groups is 1. The number of fused-ring (bicyclic) bond motifs is 1. The predicted molar refractivity (Wildman–Crippen MR) is 53.0 cm³/mol. The molecule has 0 N–H and O–H groups in total. The Morgan fingerprint density at radius 1 is 0.917 bits per heavy atom. The summed E-state index contributed by atoms with van der Waals surface area (Å²) in [5, 5.41) is 0. The van der Waals surface area contributed by atoms with E-state index >= 15 is 0 Å². The van der Waals surface area contributed by atoms with Gasteiger partial charge in [-0.15, -0.1) is 0 Å².